The fourth-order valence-electron chi connectivity index (χ4n) is 1.72. The number of halogens is 1. The summed E-state index contributed by atoms with van der Waals surface area (Å²) in [6, 6.07) is 8.45. The topological polar surface area (TPSA) is 77.1 Å². The lowest BCUT2D eigenvalue weighted by Crippen LogP contribution is -2.32. The van der Waals surface area contributed by atoms with Crippen LogP contribution in [0.3, 0.4) is 0 Å². The predicted molar refractivity (Wildman–Crippen MR) is 84.5 cm³/mol. The number of aryl methyl sites for hydroxylation is 1. The summed E-state index contributed by atoms with van der Waals surface area (Å²) in [5, 5.41) is 2.88. The first-order valence-electron chi connectivity index (χ1n) is 6.10. The molecule has 0 spiro atoms. The number of carbonyl (C=O) groups is 2. The summed E-state index contributed by atoms with van der Waals surface area (Å²) in [6.45, 7) is 0. The van der Waals surface area contributed by atoms with Crippen LogP contribution in [0, 0.1) is 0 Å². The molecule has 21 heavy (non-hydrogen) atoms. The molecule has 0 aliphatic heterocycles. The Bertz CT molecular complexity index is 685. The Hall–Kier alpha value is -1.92. The molecule has 7 heteroatoms. The first-order valence-corrected chi connectivity index (χ1v) is 7.47. The van der Waals surface area contributed by atoms with E-state index in [0.717, 1.165) is 4.90 Å². The van der Waals surface area contributed by atoms with Crippen LogP contribution in [0.1, 0.15) is 10.5 Å². The number of benzene rings is 1. The minimum atomic E-state index is -0.419. The predicted octanol–water partition coefficient (Wildman–Crippen LogP) is 2.31. The van der Waals surface area contributed by atoms with E-state index in [1.165, 1.54) is 11.8 Å². The smallest absolute Gasteiger partial charge is 0.274 e. The van der Waals surface area contributed by atoms with Crippen LogP contribution in [0.2, 0.25) is 5.02 Å². The molecule has 5 nitrogen and oxygen atoms in total. The van der Waals surface area contributed by atoms with E-state index in [4.69, 9.17) is 17.3 Å². The number of imide groups is 1. The van der Waals surface area contributed by atoms with Gasteiger partial charge in [0.2, 0.25) is 5.91 Å². The lowest BCUT2D eigenvalue weighted by atomic mass is 10.3. The van der Waals surface area contributed by atoms with Crippen molar-refractivity contribution in [2.45, 2.75) is 4.90 Å². The number of aromatic nitrogens is 1. The van der Waals surface area contributed by atoms with Crippen molar-refractivity contribution < 1.29 is 9.59 Å². The molecule has 0 atom stereocenters. The lowest BCUT2D eigenvalue weighted by Gasteiger charge is -2.07. The van der Waals surface area contributed by atoms with E-state index in [-0.39, 0.29) is 11.7 Å². The number of nitrogens with zero attached hydrogens (tertiary/aromatic N) is 1. The molecule has 0 saturated heterocycles. The first-order chi connectivity index (χ1) is 9.97. The van der Waals surface area contributed by atoms with E-state index < -0.39 is 5.91 Å². The van der Waals surface area contributed by atoms with Gasteiger partial charge in [0.25, 0.3) is 5.91 Å². The van der Waals surface area contributed by atoms with Crippen LogP contribution in [-0.4, -0.2) is 22.1 Å². The molecule has 1 aromatic heterocycles. The van der Waals surface area contributed by atoms with Crippen molar-refractivity contribution in [2.75, 3.05) is 11.5 Å². The highest BCUT2D eigenvalue weighted by Crippen LogP contribution is 2.27. The Morgan fingerprint density at radius 1 is 1.38 bits per heavy atom. The van der Waals surface area contributed by atoms with Crippen LogP contribution in [0.4, 0.5) is 5.69 Å². The molecule has 0 fully saturated rings. The monoisotopic (exact) mass is 323 g/mol. The van der Waals surface area contributed by atoms with Crippen molar-refractivity contribution in [2.24, 2.45) is 7.05 Å². The molecule has 1 aromatic carbocycles. The highest BCUT2D eigenvalue weighted by atomic mass is 35.5. The van der Waals surface area contributed by atoms with Crippen LogP contribution in [0.15, 0.2) is 41.4 Å². The summed E-state index contributed by atoms with van der Waals surface area (Å²) in [4.78, 5) is 24.4. The Labute approximate surface area is 131 Å². The van der Waals surface area contributed by atoms with E-state index in [0.29, 0.717) is 16.4 Å². The third-order valence-electron chi connectivity index (χ3n) is 2.76. The number of nitrogens with two attached hydrogens (primary N) is 1. The molecule has 0 aliphatic rings. The van der Waals surface area contributed by atoms with E-state index in [9.17, 15) is 9.59 Å². The minimum absolute atomic E-state index is 0.0992. The molecular weight excluding hydrogens is 310 g/mol. The second kappa shape index (κ2) is 6.69. The summed E-state index contributed by atoms with van der Waals surface area (Å²) in [6.07, 6.45) is 1.74. The zero-order valence-corrected chi connectivity index (χ0v) is 12.9. The summed E-state index contributed by atoms with van der Waals surface area (Å²) in [5.74, 6) is -0.695. The number of rotatable bonds is 4. The number of carbonyl (C=O) groups excluding carboxylic acids is 2. The number of hydrogen-bond donors (Lipinski definition) is 2. The third kappa shape index (κ3) is 4.03. The molecule has 0 saturated carbocycles. The Morgan fingerprint density at radius 3 is 2.76 bits per heavy atom. The van der Waals surface area contributed by atoms with Crippen LogP contribution in [0.5, 0.6) is 0 Å². The van der Waals surface area contributed by atoms with Gasteiger partial charge in [-0.1, -0.05) is 11.6 Å². The number of hydrogen-bond acceptors (Lipinski definition) is 4. The second-order valence-electron chi connectivity index (χ2n) is 4.35. The number of thioether (sulfide) groups is 1. The van der Waals surface area contributed by atoms with Crippen molar-refractivity contribution >= 4 is 40.9 Å². The van der Waals surface area contributed by atoms with Gasteiger partial charge in [-0.15, -0.1) is 11.8 Å². The van der Waals surface area contributed by atoms with Crippen LogP contribution in [-0.2, 0) is 11.8 Å². The number of nitrogens with one attached hydrogen (secondary N) is 1. The van der Waals surface area contributed by atoms with Gasteiger partial charge >= 0.3 is 0 Å². The maximum atomic E-state index is 11.9. The molecular formula is C14H14ClN3O2S. The van der Waals surface area contributed by atoms with Gasteiger partial charge in [-0.3, -0.25) is 14.9 Å². The fourth-order valence-corrected chi connectivity index (χ4v) is 2.65. The normalized spacial score (nSPS) is 10.4. The van der Waals surface area contributed by atoms with Crippen LogP contribution in [0.25, 0.3) is 0 Å². The number of amides is 2. The van der Waals surface area contributed by atoms with Gasteiger partial charge in [-0.05, 0) is 30.3 Å². The fraction of sp³-hybridized carbons (Fsp3) is 0.143. The quantitative estimate of drug-likeness (QED) is 0.668. The van der Waals surface area contributed by atoms with E-state index in [1.54, 1.807) is 48.1 Å². The molecule has 0 aliphatic carbocycles. The molecule has 110 valence electrons. The van der Waals surface area contributed by atoms with Crippen molar-refractivity contribution in [1.29, 1.82) is 0 Å². The van der Waals surface area contributed by atoms with E-state index >= 15 is 0 Å². The molecule has 0 bridgehead atoms. The van der Waals surface area contributed by atoms with Crippen LogP contribution >= 0.6 is 23.4 Å². The molecule has 0 unspecified atom stereocenters. The maximum Gasteiger partial charge on any atom is 0.274 e. The Kier molecular flexibility index (Phi) is 4.93. The number of anilines is 1. The van der Waals surface area contributed by atoms with Gasteiger partial charge in [0.15, 0.2) is 0 Å². The van der Waals surface area contributed by atoms with Gasteiger partial charge in [0.1, 0.15) is 5.69 Å². The molecule has 0 radical (unpaired) electrons. The second-order valence-corrected chi connectivity index (χ2v) is 5.81. The van der Waals surface area contributed by atoms with E-state index in [2.05, 4.69) is 5.32 Å². The van der Waals surface area contributed by atoms with Gasteiger partial charge < -0.3 is 10.3 Å². The highest BCUT2D eigenvalue weighted by Gasteiger charge is 2.13. The van der Waals surface area contributed by atoms with Crippen molar-refractivity contribution in [3.8, 4) is 0 Å². The minimum Gasteiger partial charge on any atom is -0.398 e. The van der Waals surface area contributed by atoms with Gasteiger partial charge in [-0.2, -0.15) is 0 Å². The zero-order valence-electron chi connectivity index (χ0n) is 11.3. The molecule has 2 aromatic rings. The van der Waals surface area contributed by atoms with Crippen LogP contribution < -0.4 is 11.1 Å². The molecule has 3 N–H and O–H groups in total. The molecule has 2 amide bonds. The van der Waals surface area contributed by atoms with Crippen molar-refractivity contribution in [1.82, 2.24) is 9.88 Å². The lowest BCUT2D eigenvalue weighted by molar-refractivity contribution is -0.117. The van der Waals surface area contributed by atoms with Gasteiger partial charge in [0, 0.05) is 28.9 Å². The first kappa shape index (κ1) is 15.5. The van der Waals surface area contributed by atoms with Gasteiger partial charge in [-0.25, -0.2) is 0 Å². The standard InChI is InChI=1S/C14H14ClN3O2S/c1-18-6-2-3-11(18)14(20)17-13(19)8-21-12-5-4-9(15)7-10(12)16/h2-7H,8,16H2,1H3,(H,17,19,20). The Balaban J connectivity index is 1.90. The SMILES string of the molecule is Cn1cccc1C(=O)NC(=O)CSc1ccc(Cl)cc1N. The summed E-state index contributed by atoms with van der Waals surface area (Å²) in [7, 11) is 1.74. The van der Waals surface area contributed by atoms with E-state index in [1.807, 2.05) is 0 Å². The summed E-state index contributed by atoms with van der Waals surface area (Å²) in [5.41, 5.74) is 6.74. The average molecular weight is 324 g/mol. The van der Waals surface area contributed by atoms with Crippen molar-refractivity contribution in [3.63, 3.8) is 0 Å². The average Bonchev–Trinajstić information content (AvgIpc) is 2.84. The largest absolute Gasteiger partial charge is 0.398 e. The summed E-state index contributed by atoms with van der Waals surface area (Å²) < 4.78 is 1.65. The van der Waals surface area contributed by atoms with Crippen molar-refractivity contribution in [3.05, 3.63) is 47.2 Å². The summed E-state index contributed by atoms with van der Waals surface area (Å²) >= 11 is 7.06. The highest BCUT2D eigenvalue weighted by molar-refractivity contribution is 8.00. The number of nitrogen functional groups attached to an aromatic ring is 1. The third-order valence-corrected chi connectivity index (χ3v) is 4.08. The maximum absolute atomic E-state index is 11.9. The molecule has 1 heterocycles. The van der Waals surface area contributed by atoms with Gasteiger partial charge in [0.05, 0.1) is 5.75 Å². The zero-order chi connectivity index (χ0) is 15.4. The Morgan fingerprint density at radius 2 is 2.14 bits per heavy atom. The molecule has 2 rings (SSSR count).